The highest BCUT2D eigenvalue weighted by molar-refractivity contribution is 4.79. The lowest BCUT2D eigenvalue weighted by Gasteiger charge is -2.27. The summed E-state index contributed by atoms with van der Waals surface area (Å²) in [6.45, 7) is 5.65. The van der Waals surface area contributed by atoms with Crippen LogP contribution in [0.5, 0.6) is 0 Å². The third kappa shape index (κ3) is 3.73. The van der Waals surface area contributed by atoms with E-state index in [9.17, 15) is 10.2 Å². The Morgan fingerprint density at radius 2 is 1.91 bits per heavy atom. The molecule has 0 bridgehead atoms. The maximum Gasteiger partial charge on any atom is 0.0874 e. The molecule has 0 aliphatic heterocycles. The average Bonchev–Trinajstić information content (AvgIpc) is 2.00. The van der Waals surface area contributed by atoms with Gasteiger partial charge in [0, 0.05) is 0 Å². The molecule has 0 spiro atoms. The summed E-state index contributed by atoms with van der Waals surface area (Å²) in [6.07, 6.45) is 2.80. The molecule has 2 heteroatoms. The van der Waals surface area contributed by atoms with Gasteiger partial charge in [0.1, 0.15) is 0 Å². The Morgan fingerprint density at radius 3 is 2.27 bits per heavy atom. The summed E-state index contributed by atoms with van der Waals surface area (Å²) in [7, 11) is 0. The first-order valence-corrected chi connectivity index (χ1v) is 4.45. The highest BCUT2D eigenvalue weighted by Crippen LogP contribution is 2.18. The Labute approximate surface area is 69.2 Å². The molecule has 2 N–H and O–H groups in total. The molecule has 11 heavy (non-hydrogen) atoms. The van der Waals surface area contributed by atoms with Crippen molar-refractivity contribution in [3.8, 4) is 0 Å². The normalized spacial score (nSPS) is 19.4. The molecule has 0 aliphatic carbocycles. The Balaban J connectivity index is 3.71. The smallest absolute Gasteiger partial charge is 0.0874 e. The third-order valence-electron chi connectivity index (χ3n) is 2.26. The predicted octanol–water partition coefficient (Wildman–Crippen LogP) is 1.70. The second kappa shape index (κ2) is 4.73. The minimum atomic E-state index is -0.894. The number of aliphatic hydroxyl groups excluding tert-OH is 1. The van der Waals surface area contributed by atoms with Crippen molar-refractivity contribution in [3.63, 3.8) is 0 Å². The van der Waals surface area contributed by atoms with Crippen LogP contribution in [0.15, 0.2) is 0 Å². The van der Waals surface area contributed by atoms with Crippen molar-refractivity contribution >= 4 is 0 Å². The minimum Gasteiger partial charge on any atom is -0.390 e. The van der Waals surface area contributed by atoms with Crippen molar-refractivity contribution in [2.24, 2.45) is 0 Å². The number of hydrogen-bond donors (Lipinski definition) is 2. The third-order valence-corrected chi connectivity index (χ3v) is 2.26. The van der Waals surface area contributed by atoms with Gasteiger partial charge in [-0.05, 0) is 19.8 Å². The molecule has 0 saturated heterocycles. The van der Waals surface area contributed by atoms with Crippen LogP contribution in [-0.4, -0.2) is 21.9 Å². The van der Waals surface area contributed by atoms with Crippen LogP contribution in [0.25, 0.3) is 0 Å². The molecule has 0 radical (unpaired) electrons. The molecule has 0 aromatic rings. The van der Waals surface area contributed by atoms with Gasteiger partial charge in [0.2, 0.25) is 0 Å². The maximum atomic E-state index is 9.57. The van der Waals surface area contributed by atoms with Gasteiger partial charge in [-0.15, -0.1) is 0 Å². The van der Waals surface area contributed by atoms with Crippen LogP contribution in [-0.2, 0) is 0 Å². The van der Waals surface area contributed by atoms with Crippen LogP contribution in [0.3, 0.4) is 0 Å². The lowest BCUT2D eigenvalue weighted by atomic mass is 9.92. The molecule has 0 heterocycles. The lowest BCUT2D eigenvalue weighted by molar-refractivity contribution is -0.0676. The lowest BCUT2D eigenvalue weighted by Crippen LogP contribution is -2.38. The van der Waals surface area contributed by atoms with Crippen LogP contribution in [0.2, 0.25) is 0 Å². The molecule has 0 fully saturated rings. The van der Waals surface area contributed by atoms with E-state index in [-0.39, 0.29) is 0 Å². The van der Waals surface area contributed by atoms with Gasteiger partial charge >= 0.3 is 0 Å². The molecule has 2 atom stereocenters. The summed E-state index contributed by atoms with van der Waals surface area (Å²) >= 11 is 0. The topological polar surface area (TPSA) is 40.5 Å². The molecule has 0 amide bonds. The monoisotopic (exact) mass is 160 g/mol. The van der Waals surface area contributed by atoms with Crippen LogP contribution >= 0.6 is 0 Å². The van der Waals surface area contributed by atoms with E-state index in [0.29, 0.717) is 12.8 Å². The van der Waals surface area contributed by atoms with Gasteiger partial charge < -0.3 is 10.2 Å². The second-order valence-corrected chi connectivity index (χ2v) is 3.37. The van der Waals surface area contributed by atoms with E-state index in [0.717, 1.165) is 12.8 Å². The Morgan fingerprint density at radius 1 is 1.36 bits per heavy atom. The van der Waals surface area contributed by atoms with Crippen molar-refractivity contribution in [1.82, 2.24) is 0 Å². The Bertz CT molecular complexity index is 99.7. The van der Waals surface area contributed by atoms with Gasteiger partial charge in [-0.3, -0.25) is 0 Å². The fourth-order valence-corrected chi connectivity index (χ4v) is 0.944. The number of rotatable bonds is 5. The van der Waals surface area contributed by atoms with E-state index < -0.39 is 11.7 Å². The van der Waals surface area contributed by atoms with E-state index in [1.807, 2.05) is 6.92 Å². The van der Waals surface area contributed by atoms with E-state index in [2.05, 4.69) is 6.92 Å². The van der Waals surface area contributed by atoms with Crippen LogP contribution in [0, 0.1) is 0 Å². The summed E-state index contributed by atoms with van der Waals surface area (Å²) in [5.74, 6) is 0. The molecule has 0 saturated carbocycles. The van der Waals surface area contributed by atoms with Gasteiger partial charge in [0.05, 0.1) is 11.7 Å². The van der Waals surface area contributed by atoms with Crippen molar-refractivity contribution in [2.75, 3.05) is 0 Å². The van der Waals surface area contributed by atoms with Crippen LogP contribution in [0.4, 0.5) is 0 Å². The first-order valence-electron chi connectivity index (χ1n) is 4.45. The van der Waals surface area contributed by atoms with Crippen LogP contribution < -0.4 is 0 Å². The zero-order valence-corrected chi connectivity index (χ0v) is 7.80. The molecule has 0 aromatic carbocycles. The van der Waals surface area contributed by atoms with E-state index in [4.69, 9.17) is 0 Å². The SMILES string of the molecule is CCCCC(O)C(C)(O)CC. The molecule has 0 aliphatic rings. The molecule has 2 nitrogen and oxygen atoms in total. The van der Waals surface area contributed by atoms with Crippen molar-refractivity contribution in [1.29, 1.82) is 0 Å². The fourth-order valence-electron chi connectivity index (χ4n) is 0.944. The fraction of sp³-hybridized carbons (Fsp3) is 1.00. The number of hydrogen-bond acceptors (Lipinski definition) is 2. The summed E-state index contributed by atoms with van der Waals surface area (Å²) < 4.78 is 0. The van der Waals surface area contributed by atoms with Gasteiger partial charge in [-0.1, -0.05) is 26.7 Å². The molecule has 0 aromatic heterocycles. The number of aliphatic hydroxyl groups is 2. The second-order valence-electron chi connectivity index (χ2n) is 3.37. The van der Waals surface area contributed by atoms with Crippen molar-refractivity contribution < 1.29 is 10.2 Å². The zero-order chi connectivity index (χ0) is 8.91. The summed E-state index contributed by atoms with van der Waals surface area (Å²) in [6, 6.07) is 0. The first kappa shape index (κ1) is 10.9. The summed E-state index contributed by atoms with van der Waals surface area (Å²) in [5.41, 5.74) is -0.894. The maximum absolute atomic E-state index is 9.57. The highest BCUT2D eigenvalue weighted by atomic mass is 16.3. The Hall–Kier alpha value is -0.0800. The number of unbranched alkanes of at least 4 members (excludes halogenated alkanes) is 1. The van der Waals surface area contributed by atoms with Crippen LogP contribution in [0.1, 0.15) is 46.5 Å². The molecule has 2 unspecified atom stereocenters. The predicted molar refractivity (Wildman–Crippen MR) is 46.4 cm³/mol. The van der Waals surface area contributed by atoms with Crippen molar-refractivity contribution in [3.05, 3.63) is 0 Å². The largest absolute Gasteiger partial charge is 0.390 e. The minimum absolute atomic E-state index is 0.563. The molecule has 68 valence electrons. The van der Waals surface area contributed by atoms with Gasteiger partial charge in [0.15, 0.2) is 0 Å². The summed E-state index contributed by atoms with van der Waals surface area (Å²) in [4.78, 5) is 0. The van der Waals surface area contributed by atoms with Crippen molar-refractivity contribution in [2.45, 2.75) is 58.2 Å². The van der Waals surface area contributed by atoms with Gasteiger partial charge in [0.25, 0.3) is 0 Å². The highest BCUT2D eigenvalue weighted by Gasteiger charge is 2.26. The molecular formula is C9H20O2. The van der Waals surface area contributed by atoms with Gasteiger partial charge in [-0.25, -0.2) is 0 Å². The van der Waals surface area contributed by atoms with Gasteiger partial charge in [-0.2, -0.15) is 0 Å². The van der Waals surface area contributed by atoms with E-state index >= 15 is 0 Å². The molecular weight excluding hydrogens is 140 g/mol. The van der Waals surface area contributed by atoms with E-state index in [1.54, 1.807) is 6.92 Å². The standard InChI is InChI=1S/C9H20O2/c1-4-6-7-8(10)9(3,11)5-2/h8,10-11H,4-7H2,1-3H3. The molecule has 0 rings (SSSR count). The average molecular weight is 160 g/mol. The zero-order valence-electron chi connectivity index (χ0n) is 7.80. The summed E-state index contributed by atoms with van der Waals surface area (Å²) in [5, 5.41) is 19.0. The Kier molecular flexibility index (Phi) is 4.69. The quantitative estimate of drug-likeness (QED) is 0.642. The first-order chi connectivity index (χ1) is 5.04. The van der Waals surface area contributed by atoms with E-state index in [1.165, 1.54) is 0 Å².